The Kier molecular flexibility index (Phi) is 2.69. The molecule has 0 atom stereocenters. The molecule has 0 aliphatic heterocycles. The molecule has 0 saturated heterocycles. The van der Waals surface area contributed by atoms with Crippen LogP contribution in [0.5, 0.6) is 0 Å². The highest BCUT2D eigenvalue weighted by Gasteiger charge is 2.13. The quantitative estimate of drug-likeness (QED) is 0.830. The van der Waals surface area contributed by atoms with Crippen LogP contribution in [0.15, 0.2) is 18.3 Å². The van der Waals surface area contributed by atoms with Crippen molar-refractivity contribution in [2.45, 2.75) is 26.7 Å². The van der Waals surface area contributed by atoms with Gasteiger partial charge in [-0.2, -0.15) is 0 Å². The highest BCUT2D eigenvalue weighted by molar-refractivity contribution is 6.03. The molecule has 0 bridgehead atoms. The fourth-order valence-electron chi connectivity index (χ4n) is 2.01. The van der Waals surface area contributed by atoms with E-state index in [4.69, 9.17) is 5.11 Å². The number of carboxylic acids is 1. The molecule has 1 aromatic heterocycles. The number of aromatic carboxylic acids is 1. The van der Waals surface area contributed by atoms with Crippen molar-refractivity contribution in [1.82, 2.24) is 4.98 Å². The van der Waals surface area contributed by atoms with E-state index in [-0.39, 0.29) is 0 Å². The summed E-state index contributed by atoms with van der Waals surface area (Å²) in [6.07, 6.45) is 3.66. The molecule has 0 aliphatic rings. The number of H-pyrrole nitrogens is 1. The van der Waals surface area contributed by atoms with E-state index in [1.165, 1.54) is 5.56 Å². The lowest BCUT2D eigenvalue weighted by Gasteiger charge is -2.03. The molecule has 2 rings (SSSR count). The van der Waals surface area contributed by atoms with Crippen LogP contribution in [0, 0.1) is 0 Å². The van der Waals surface area contributed by atoms with Gasteiger partial charge in [0, 0.05) is 11.6 Å². The normalized spacial score (nSPS) is 10.9. The van der Waals surface area contributed by atoms with Crippen LogP contribution < -0.4 is 0 Å². The lowest BCUT2D eigenvalue weighted by Crippen LogP contribution is -1.99. The minimum atomic E-state index is -0.871. The molecule has 0 fully saturated rings. The maximum absolute atomic E-state index is 11.2. The largest absolute Gasteiger partial charge is 0.478 e. The van der Waals surface area contributed by atoms with Gasteiger partial charge < -0.3 is 10.1 Å². The van der Waals surface area contributed by atoms with Gasteiger partial charge in [0.25, 0.3) is 0 Å². The average Bonchev–Trinajstić information content (AvgIpc) is 2.69. The number of hydrogen-bond acceptors (Lipinski definition) is 1. The van der Waals surface area contributed by atoms with Gasteiger partial charge in [-0.25, -0.2) is 4.79 Å². The Hall–Kier alpha value is -1.77. The zero-order chi connectivity index (χ0) is 11.7. The fraction of sp³-hybridized carbons (Fsp3) is 0.308. The highest BCUT2D eigenvalue weighted by Crippen LogP contribution is 2.24. The van der Waals surface area contributed by atoms with E-state index in [1.54, 1.807) is 6.07 Å². The molecule has 16 heavy (non-hydrogen) atoms. The third-order valence-corrected chi connectivity index (χ3v) is 2.95. The third kappa shape index (κ3) is 1.58. The summed E-state index contributed by atoms with van der Waals surface area (Å²) in [4.78, 5) is 14.2. The Morgan fingerprint density at radius 1 is 1.31 bits per heavy atom. The zero-order valence-corrected chi connectivity index (χ0v) is 9.50. The predicted octanol–water partition coefficient (Wildman–Crippen LogP) is 2.99. The molecule has 3 nitrogen and oxygen atoms in total. The second kappa shape index (κ2) is 4.00. The van der Waals surface area contributed by atoms with Gasteiger partial charge >= 0.3 is 5.97 Å². The molecule has 84 valence electrons. The molecule has 2 N–H and O–H groups in total. The van der Waals surface area contributed by atoms with Gasteiger partial charge in [0.05, 0.1) is 11.1 Å². The van der Waals surface area contributed by atoms with E-state index in [9.17, 15) is 4.79 Å². The first-order chi connectivity index (χ1) is 7.67. The van der Waals surface area contributed by atoms with Crippen molar-refractivity contribution in [2.75, 3.05) is 0 Å². The SMILES string of the molecule is CCc1cc(C(=O)O)c2[nH]cc(CC)c2c1. The van der Waals surface area contributed by atoms with Gasteiger partial charge in [-0.05, 0) is 36.1 Å². The number of aromatic amines is 1. The van der Waals surface area contributed by atoms with Crippen molar-refractivity contribution in [3.8, 4) is 0 Å². The van der Waals surface area contributed by atoms with Crippen LogP contribution in [-0.2, 0) is 12.8 Å². The molecule has 0 spiro atoms. The molecule has 0 aliphatic carbocycles. The van der Waals surface area contributed by atoms with E-state index in [2.05, 4.69) is 18.0 Å². The first kappa shape index (κ1) is 10.7. The summed E-state index contributed by atoms with van der Waals surface area (Å²) in [5, 5.41) is 10.2. The Morgan fingerprint density at radius 3 is 2.62 bits per heavy atom. The Morgan fingerprint density at radius 2 is 2.06 bits per heavy atom. The molecule has 0 radical (unpaired) electrons. The number of fused-ring (bicyclic) bond motifs is 1. The smallest absolute Gasteiger partial charge is 0.337 e. The van der Waals surface area contributed by atoms with E-state index >= 15 is 0 Å². The lowest BCUT2D eigenvalue weighted by molar-refractivity contribution is 0.0698. The van der Waals surface area contributed by atoms with Crippen LogP contribution in [0.4, 0.5) is 0 Å². The fourth-order valence-corrected chi connectivity index (χ4v) is 2.01. The first-order valence-corrected chi connectivity index (χ1v) is 5.53. The van der Waals surface area contributed by atoms with Crippen molar-refractivity contribution in [3.63, 3.8) is 0 Å². The van der Waals surface area contributed by atoms with E-state index < -0.39 is 5.97 Å². The number of aryl methyl sites for hydroxylation is 2. The van der Waals surface area contributed by atoms with Gasteiger partial charge in [-0.15, -0.1) is 0 Å². The van der Waals surface area contributed by atoms with Crippen LogP contribution in [0.25, 0.3) is 10.9 Å². The number of rotatable bonds is 3. The monoisotopic (exact) mass is 217 g/mol. The first-order valence-electron chi connectivity index (χ1n) is 5.53. The third-order valence-electron chi connectivity index (χ3n) is 2.95. The summed E-state index contributed by atoms with van der Waals surface area (Å²) in [5.74, 6) is -0.871. The average molecular weight is 217 g/mol. The molecule has 3 heteroatoms. The summed E-state index contributed by atoms with van der Waals surface area (Å²) in [5.41, 5.74) is 3.35. The molecule has 0 saturated carbocycles. The minimum absolute atomic E-state index is 0.369. The summed E-state index contributed by atoms with van der Waals surface area (Å²) in [6.45, 7) is 4.10. The molecule has 2 aromatic rings. The van der Waals surface area contributed by atoms with Crippen molar-refractivity contribution in [3.05, 3.63) is 35.0 Å². The van der Waals surface area contributed by atoms with Crippen LogP contribution in [0.2, 0.25) is 0 Å². The van der Waals surface area contributed by atoms with Crippen LogP contribution in [0.1, 0.15) is 35.3 Å². The molecular formula is C13H15NO2. The Balaban J connectivity index is 2.78. The number of benzene rings is 1. The summed E-state index contributed by atoms with van der Waals surface area (Å²) in [6, 6.07) is 3.83. The van der Waals surface area contributed by atoms with Crippen molar-refractivity contribution in [2.24, 2.45) is 0 Å². The van der Waals surface area contributed by atoms with Gasteiger partial charge in [-0.1, -0.05) is 13.8 Å². The van der Waals surface area contributed by atoms with Crippen molar-refractivity contribution >= 4 is 16.9 Å². The topological polar surface area (TPSA) is 53.1 Å². The Labute approximate surface area is 94.1 Å². The van der Waals surface area contributed by atoms with E-state index in [0.717, 1.165) is 29.3 Å². The molecule has 1 heterocycles. The molecule has 0 amide bonds. The van der Waals surface area contributed by atoms with Crippen LogP contribution in [0.3, 0.4) is 0 Å². The second-order valence-corrected chi connectivity index (χ2v) is 3.89. The van der Waals surface area contributed by atoms with Crippen LogP contribution >= 0.6 is 0 Å². The van der Waals surface area contributed by atoms with Gasteiger partial charge in [0.1, 0.15) is 0 Å². The number of hydrogen-bond donors (Lipinski definition) is 2. The second-order valence-electron chi connectivity index (χ2n) is 3.89. The van der Waals surface area contributed by atoms with E-state index in [1.807, 2.05) is 13.1 Å². The lowest BCUT2D eigenvalue weighted by atomic mass is 10.0. The molecule has 1 aromatic carbocycles. The maximum atomic E-state index is 11.2. The van der Waals surface area contributed by atoms with E-state index in [0.29, 0.717) is 5.56 Å². The minimum Gasteiger partial charge on any atom is -0.478 e. The zero-order valence-electron chi connectivity index (χ0n) is 9.50. The highest BCUT2D eigenvalue weighted by atomic mass is 16.4. The summed E-state index contributed by atoms with van der Waals surface area (Å²) < 4.78 is 0. The predicted molar refractivity (Wildman–Crippen MR) is 64.0 cm³/mol. The van der Waals surface area contributed by atoms with Crippen molar-refractivity contribution in [1.29, 1.82) is 0 Å². The number of nitrogens with one attached hydrogen (secondary N) is 1. The van der Waals surface area contributed by atoms with Crippen LogP contribution in [-0.4, -0.2) is 16.1 Å². The molecule has 0 unspecified atom stereocenters. The summed E-state index contributed by atoms with van der Waals surface area (Å²) >= 11 is 0. The molecular weight excluding hydrogens is 202 g/mol. The van der Waals surface area contributed by atoms with Gasteiger partial charge in [-0.3, -0.25) is 0 Å². The number of aromatic nitrogens is 1. The number of carboxylic acid groups (broad SMARTS) is 1. The summed E-state index contributed by atoms with van der Waals surface area (Å²) in [7, 11) is 0. The van der Waals surface area contributed by atoms with Gasteiger partial charge in [0.15, 0.2) is 0 Å². The maximum Gasteiger partial charge on any atom is 0.337 e. The standard InChI is InChI=1S/C13H15NO2/c1-3-8-5-10-9(4-2)7-14-12(10)11(6-8)13(15)16/h5-7,14H,3-4H2,1-2H3,(H,15,16). The Bertz CT molecular complexity index is 540. The van der Waals surface area contributed by atoms with Crippen molar-refractivity contribution < 1.29 is 9.90 Å². The van der Waals surface area contributed by atoms with Gasteiger partial charge in [0.2, 0.25) is 0 Å². The number of carbonyl (C=O) groups is 1.